The minimum atomic E-state index is -0.0737. The van der Waals surface area contributed by atoms with Crippen LogP contribution < -0.4 is 10.5 Å². The van der Waals surface area contributed by atoms with Gasteiger partial charge in [0.1, 0.15) is 0 Å². The summed E-state index contributed by atoms with van der Waals surface area (Å²) in [7, 11) is 0. The van der Waals surface area contributed by atoms with Crippen molar-refractivity contribution >= 4 is 5.69 Å². The Morgan fingerprint density at radius 2 is 2.12 bits per heavy atom. The summed E-state index contributed by atoms with van der Waals surface area (Å²) < 4.78 is 1.58. The molecular weight excluding hydrogens is 326 g/mol. The topological polar surface area (TPSA) is 63.9 Å². The van der Waals surface area contributed by atoms with E-state index in [9.17, 15) is 4.79 Å². The number of hydrogen-bond donors (Lipinski definition) is 0. The molecule has 132 valence electrons. The third-order valence-corrected chi connectivity index (χ3v) is 4.80. The molecule has 4 rings (SSSR count). The van der Waals surface area contributed by atoms with Crippen molar-refractivity contribution in [2.75, 3.05) is 11.4 Å². The van der Waals surface area contributed by atoms with Crippen LogP contribution in [-0.2, 0) is 6.54 Å². The molecule has 0 radical (unpaired) electrons. The van der Waals surface area contributed by atoms with Gasteiger partial charge >= 0.3 is 0 Å². The predicted molar refractivity (Wildman–Crippen MR) is 101 cm³/mol. The molecule has 4 heterocycles. The van der Waals surface area contributed by atoms with Crippen LogP contribution in [0.1, 0.15) is 18.5 Å². The first-order valence-corrected chi connectivity index (χ1v) is 8.88. The van der Waals surface area contributed by atoms with Crippen molar-refractivity contribution in [3.05, 3.63) is 71.0 Å². The van der Waals surface area contributed by atoms with Crippen LogP contribution in [0.15, 0.2) is 59.8 Å². The van der Waals surface area contributed by atoms with Gasteiger partial charge in [-0.2, -0.15) is 5.10 Å². The summed E-state index contributed by atoms with van der Waals surface area (Å²) >= 11 is 0. The molecular formula is C20H21N5O. The summed E-state index contributed by atoms with van der Waals surface area (Å²) in [4.78, 5) is 23.1. The maximum absolute atomic E-state index is 12.3. The van der Waals surface area contributed by atoms with E-state index < -0.39 is 0 Å². The largest absolute Gasteiger partial charge is 0.367 e. The molecule has 3 aromatic heterocycles. The second kappa shape index (κ2) is 7.07. The smallest absolute Gasteiger partial charge is 0.266 e. The molecule has 1 atom stereocenters. The molecule has 1 fully saturated rings. The molecule has 6 heteroatoms. The zero-order valence-corrected chi connectivity index (χ0v) is 14.7. The van der Waals surface area contributed by atoms with Gasteiger partial charge < -0.3 is 4.90 Å². The van der Waals surface area contributed by atoms with Gasteiger partial charge in [0.25, 0.3) is 5.56 Å². The van der Waals surface area contributed by atoms with Gasteiger partial charge in [-0.15, -0.1) is 0 Å². The number of nitrogens with zero attached hydrogens (tertiary/aromatic N) is 5. The standard InChI is InChI=1S/C20H21N5O/c1-15-12-17(8-10-22-15)24-11-3-5-18(24)14-25-20(26)7-6-19(23-25)16-4-2-9-21-13-16/h2,4,6-10,12-13,18H,3,5,11,14H2,1H3. The van der Waals surface area contributed by atoms with E-state index in [1.54, 1.807) is 29.2 Å². The molecule has 1 unspecified atom stereocenters. The number of hydrogen-bond acceptors (Lipinski definition) is 5. The average Bonchev–Trinajstić information content (AvgIpc) is 3.12. The van der Waals surface area contributed by atoms with Gasteiger partial charge in [0, 0.05) is 54.2 Å². The van der Waals surface area contributed by atoms with Crippen LogP contribution >= 0.6 is 0 Å². The van der Waals surface area contributed by atoms with Gasteiger partial charge in [0.2, 0.25) is 0 Å². The number of aromatic nitrogens is 4. The molecule has 0 bridgehead atoms. The van der Waals surface area contributed by atoms with E-state index in [-0.39, 0.29) is 11.6 Å². The molecule has 6 nitrogen and oxygen atoms in total. The number of aryl methyl sites for hydroxylation is 1. The molecule has 1 saturated heterocycles. The molecule has 0 spiro atoms. The Morgan fingerprint density at radius 3 is 2.92 bits per heavy atom. The van der Waals surface area contributed by atoms with Crippen molar-refractivity contribution in [3.8, 4) is 11.3 Å². The SMILES string of the molecule is Cc1cc(N2CCCC2Cn2nc(-c3cccnc3)ccc2=O)ccn1. The van der Waals surface area contributed by atoms with Gasteiger partial charge in [0.05, 0.1) is 12.2 Å². The Morgan fingerprint density at radius 1 is 1.19 bits per heavy atom. The quantitative estimate of drug-likeness (QED) is 0.726. The van der Waals surface area contributed by atoms with Crippen LogP contribution in [0.2, 0.25) is 0 Å². The van der Waals surface area contributed by atoms with Crippen molar-refractivity contribution in [3.63, 3.8) is 0 Å². The molecule has 0 aliphatic carbocycles. The first kappa shape index (κ1) is 16.4. The zero-order chi connectivity index (χ0) is 17.9. The van der Waals surface area contributed by atoms with E-state index in [4.69, 9.17) is 0 Å². The number of anilines is 1. The Bertz CT molecular complexity index is 954. The molecule has 0 N–H and O–H groups in total. The fraction of sp³-hybridized carbons (Fsp3) is 0.300. The maximum Gasteiger partial charge on any atom is 0.266 e. The van der Waals surface area contributed by atoms with Gasteiger partial charge in [-0.05, 0) is 50.1 Å². The average molecular weight is 347 g/mol. The van der Waals surface area contributed by atoms with E-state index in [0.717, 1.165) is 42.0 Å². The highest BCUT2D eigenvalue weighted by Gasteiger charge is 2.26. The van der Waals surface area contributed by atoms with Gasteiger partial charge in [-0.3, -0.25) is 14.8 Å². The summed E-state index contributed by atoms with van der Waals surface area (Å²) in [6, 6.07) is 11.6. The lowest BCUT2D eigenvalue weighted by atomic mass is 10.2. The second-order valence-corrected chi connectivity index (χ2v) is 6.63. The van der Waals surface area contributed by atoms with Crippen molar-refractivity contribution < 1.29 is 0 Å². The maximum atomic E-state index is 12.3. The third-order valence-electron chi connectivity index (χ3n) is 4.80. The fourth-order valence-corrected chi connectivity index (χ4v) is 3.52. The van der Waals surface area contributed by atoms with Crippen LogP contribution in [0.5, 0.6) is 0 Å². The van der Waals surface area contributed by atoms with E-state index in [1.165, 1.54) is 0 Å². The lowest BCUT2D eigenvalue weighted by molar-refractivity contribution is 0.490. The molecule has 1 aliphatic heterocycles. The lowest BCUT2D eigenvalue weighted by Crippen LogP contribution is -2.37. The Kier molecular flexibility index (Phi) is 4.48. The number of pyridine rings is 2. The summed E-state index contributed by atoms with van der Waals surface area (Å²) in [5.41, 5.74) is 3.77. The van der Waals surface area contributed by atoms with E-state index in [0.29, 0.717) is 6.54 Å². The highest BCUT2D eigenvalue weighted by atomic mass is 16.1. The molecule has 26 heavy (non-hydrogen) atoms. The number of rotatable bonds is 4. The normalized spacial score (nSPS) is 16.8. The minimum absolute atomic E-state index is 0.0737. The van der Waals surface area contributed by atoms with Crippen molar-refractivity contribution in [1.29, 1.82) is 0 Å². The van der Waals surface area contributed by atoms with Crippen LogP contribution in [0.25, 0.3) is 11.3 Å². The van der Waals surface area contributed by atoms with Gasteiger partial charge in [0.15, 0.2) is 0 Å². The lowest BCUT2D eigenvalue weighted by Gasteiger charge is -2.27. The van der Waals surface area contributed by atoms with Crippen LogP contribution in [0, 0.1) is 6.92 Å². The van der Waals surface area contributed by atoms with Crippen molar-refractivity contribution in [1.82, 2.24) is 19.7 Å². The zero-order valence-electron chi connectivity index (χ0n) is 14.7. The third kappa shape index (κ3) is 3.35. The fourth-order valence-electron chi connectivity index (χ4n) is 3.52. The Labute approximate surface area is 152 Å². The van der Waals surface area contributed by atoms with Gasteiger partial charge in [-0.1, -0.05) is 0 Å². The van der Waals surface area contributed by atoms with E-state index in [1.807, 2.05) is 31.3 Å². The molecule has 1 aliphatic rings. The van der Waals surface area contributed by atoms with Crippen LogP contribution in [-0.4, -0.2) is 32.3 Å². The second-order valence-electron chi connectivity index (χ2n) is 6.63. The molecule has 3 aromatic rings. The van der Waals surface area contributed by atoms with E-state index in [2.05, 4.69) is 26.0 Å². The summed E-state index contributed by atoms with van der Waals surface area (Å²) in [5, 5.41) is 4.58. The first-order chi connectivity index (χ1) is 12.7. The molecule has 0 aromatic carbocycles. The summed E-state index contributed by atoms with van der Waals surface area (Å²) in [6.45, 7) is 3.57. The monoisotopic (exact) mass is 347 g/mol. The molecule has 0 saturated carbocycles. The van der Waals surface area contributed by atoms with Crippen molar-refractivity contribution in [2.45, 2.75) is 32.4 Å². The van der Waals surface area contributed by atoms with E-state index >= 15 is 0 Å². The highest BCUT2D eigenvalue weighted by Crippen LogP contribution is 2.26. The summed E-state index contributed by atoms with van der Waals surface area (Å²) in [6.07, 6.45) is 7.49. The van der Waals surface area contributed by atoms with Crippen molar-refractivity contribution in [2.24, 2.45) is 0 Å². The Balaban J connectivity index is 1.61. The van der Waals surface area contributed by atoms with Crippen LogP contribution in [0.4, 0.5) is 5.69 Å². The molecule has 0 amide bonds. The van der Waals surface area contributed by atoms with Gasteiger partial charge in [-0.25, -0.2) is 4.68 Å². The minimum Gasteiger partial charge on any atom is -0.367 e. The predicted octanol–water partition coefficient (Wildman–Crippen LogP) is 2.68. The first-order valence-electron chi connectivity index (χ1n) is 8.88. The van der Waals surface area contributed by atoms with Crippen LogP contribution in [0.3, 0.4) is 0 Å². The Hall–Kier alpha value is -3.02. The highest BCUT2D eigenvalue weighted by molar-refractivity contribution is 5.56. The summed E-state index contributed by atoms with van der Waals surface area (Å²) in [5.74, 6) is 0.